The highest BCUT2D eigenvalue weighted by Gasteiger charge is 2.17. The van der Waals surface area contributed by atoms with Crippen molar-refractivity contribution in [2.75, 3.05) is 7.05 Å². The second-order valence-corrected chi connectivity index (χ2v) is 7.50. The van der Waals surface area contributed by atoms with E-state index < -0.39 is 0 Å². The van der Waals surface area contributed by atoms with E-state index in [2.05, 4.69) is 4.98 Å². The summed E-state index contributed by atoms with van der Waals surface area (Å²) < 4.78 is 0.738. The second-order valence-electron chi connectivity index (χ2n) is 5.70. The van der Waals surface area contributed by atoms with Crippen LogP contribution in [0.15, 0.2) is 36.4 Å². The molecule has 1 aromatic carbocycles. The van der Waals surface area contributed by atoms with Gasteiger partial charge in [0.2, 0.25) is 0 Å². The van der Waals surface area contributed by atoms with Gasteiger partial charge in [-0.25, -0.2) is 0 Å². The van der Waals surface area contributed by atoms with Gasteiger partial charge in [-0.2, -0.15) is 0 Å². The smallest absolute Gasteiger partial charge is 0.254 e. The molecule has 5 heteroatoms. The van der Waals surface area contributed by atoms with Crippen LogP contribution < -0.4 is 0 Å². The lowest BCUT2D eigenvalue weighted by Crippen LogP contribution is -2.26. The molecule has 1 amide bonds. The molecule has 0 radical (unpaired) electrons. The number of pyridine rings is 1. The molecule has 0 unspecified atom stereocenters. The number of thiophene rings is 1. The number of hydrogen-bond acceptors (Lipinski definition) is 3. The van der Waals surface area contributed by atoms with Gasteiger partial charge in [0.15, 0.2) is 0 Å². The lowest BCUT2D eigenvalue weighted by atomic mass is 10.0. The Balaban J connectivity index is 1.98. The number of aryl methyl sites for hydroxylation is 2. The highest BCUT2D eigenvalue weighted by Crippen LogP contribution is 2.25. The molecule has 0 saturated heterocycles. The summed E-state index contributed by atoms with van der Waals surface area (Å²) in [5.74, 6) is -0.00405. The number of rotatable bonds is 3. The van der Waals surface area contributed by atoms with Crippen LogP contribution in [0.1, 0.15) is 26.5 Å². The first-order valence-corrected chi connectivity index (χ1v) is 8.51. The third kappa shape index (κ3) is 3.38. The number of fused-ring (bicyclic) bond motifs is 1. The van der Waals surface area contributed by atoms with Gasteiger partial charge in [0.1, 0.15) is 0 Å². The number of aromatic nitrogens is 1. The van der Waals surface area contributed by atoms with E-state index >= 15 is 0 Å². The van der Waals surface area contributed by atoms with Crippen LogP contribution in [0.3, 0.4) is 0 Å². The summed E-state index contributed by atoms with van der Waals surface area (Å²) in [7, 11) is 1.81. The van der Waals surface area contributed by atoms with Crippen LogP contribution in [0.5, 0.6) is 0 Å². The lowest BCUT2D eigenvalue weighted by Gasteiger charge is -2.18. The molecular formula is C18H17ClN2OS. The van der Waals surface area contributed by atoms with Gasteiger partial charge >= 0.3 is 0 Å². The van der Waals surface area contributed by atoms with E-state index in [1.807, 2.05) is 57.3 Å². The lowest BCUT2D eigenvalue weighted by molar-refractivity contribution is 0.0788. The molecule has 2 aromatic heterocycles. The molecule has 0 N–H and O–H groups in total. The SMILES string of the molecule is Cc1ccc2nc(C)cc(C(=O)N(C)Cc3ccc(Cl)s3)c2c1. The molecule has 3 rings (SSSR count). The maximum Gasteiger partial charge on any atom is 0.254 e. The van der Waals surface area contributed by atoms with E-state index in [0.29, 0.717) is 12.1 Å². The van der Waals surface area contributed by atoms with E-state index in [4.69, 9.17) is 11.6 Å². The van der Waals surface area contributed by atoms with Gasteiger partial charge in [-0.3, -0.25) is 9.78 Å². The van der Waals surface area contributed by atoms with E-state index in [1.165, 1.54) is 11.3 Å². The van der Waals surface area contributed by atoms with Crippen molar-refractivity contribution >= 4 is 39.7 Å². The molecule has 3 nitrogen and oxygen atoms in total. The fourth-order valence-corrected chi connectivity index (χ4v) is 3.74. The van der Waals surface area contributed by atoms with Crippen molar-refractivity contribution in [2.45, 2.75) is 20.4 Å². The quantitative estimate of drug-likeness (QED) is 0.681. The first-order valence-electron chi connectivity index (χ1n) is 7.32. The van der Waals surface area contributed by atoms with Crippen LogP contribution >= 0.6 is 22.9 Å². The first-order chi connectivity index (χ1) is 10.9. The number of benzene rings is 1. The summed E-state index contributed by atoms with van der Waals surface area (Å²) >= 11 is 7.46. The molecule has 0 bridgehead atoms. The maximum atomic E-state index is 12.9. The molecule has 23 heavy (non-hydrogen) atoms. The number of carbonyl (C=O) groups is 1. The van der Waals surface area contributed by atoms with Crippen molar-refractivity contribution < 1.29 is 4.79 Å². The zero-order valence-corrected chi connectivity index (χ0v) is 14.8. The predicted molar refractivity (Wildman–Crippen MR) is 96.3 cm³/mol. The third-order valence-electron chi connectivity index (χ3n) is 3.69. The van der Waals surface area contributed by atoms with Crippen LogP contribution in [0.25, 0.3) is 10.9 Å². The molecule has 0 spiro atoms. The largest absolute Gasteiger partial charge is 0.337 e. The average Bonchev–Trinajstić information content (AvgIpc) is 2.91. The van der Waals surface area contributed by atoms with E-state index in [0.717, 1.165) is 31.4 Å². The molecule has 0 aliphatic heterocycles. The minimum Gasteiger partial charge on any atom is -0.337 e. The third-order valence-corrected chi connectivity index (χ3v) is 4.91. The minimum absolute atomic E-state index is 0.00405. The number of amides is 1. The van der Waals surface area contributed by atoms with Gasteiger partial charge in [-0.15, -0.1) is 11.3 Å². The fraction of sp³-hybridized carbons (Fsp3) is 0.222. The summed E-state index contributed by atoms with van der Waals surface area (Å²) in [5.41, 5.74) is 3.51. The van der Waals surface area contributed by atoms with Crippen molar-refractivity contribution in [2.24, 2.45) is 0 Å². The molecule has 0 fully saturated rings. The molecule has 3 aromatic rings. The van der Waals surface area contributed by atoms with Gasteiger partial charge in [-0.1, -0.05) is 23.2 Å². The summed E-state index contributed by atoms with van der Waals surface area (Å²) in [6.45, 7) is 4.48. The zero-order valence-electron chi connectivity index (χ0n) is 13.3. The second kappa shape index (κ2) is 6.30. The summed E-state index contributed by atoms with van der Waals surface area (Å²) in [6, 6.07) is 11.7. The van der Waals surface area contributed by atoms with Crippen LogP contribution in [0, 0.1) is 13.8 Å². The Kier molecular flexibility index (Phi) is 4.37. The van der Waals surface area contributed by atoms with E-state index in [1.54, 1.807) is 4.90 Å². The number of halogens is 1. The summed E-state index contributed by atoms with van der Waals surface area (Å²) in [4.78, 5) is 20.2. The van der Waals surface area contributed by atoms with Crippen molar-refractivity contribution in [3.05, 3.63) is 62.4 Å². The first kappa shape index (κ1) is 16.0. The number of nitrogens with zero attached hydrogens (tertiary/aromatic N) is 2. The Morgan fingerprint density at radius 3 is 2.70 bits per heavy atom. The topological polar surface area (TPSA) is 33.2 Å². The minimum atomic E-state index is -0.00405. The zero-order chi connectivity index (χ0) is 16.6. The monoisotopic (exact) mass is 344 g/mol. The van der Waals surface area contributed by atoms with Crippen LogP contribution in [0.4, 0.5) is 0 Å². The Bertz CT molecular complexity index is 888. The average molecular weight is 345 g/mol. The van der Waals surface area contributed by atoms with Crippen molar-refractivity contribution in [1.29, 1.82) is 0 Å². The molecular weight excluding hydrogens is 328 g/mol. The standard InChI is InChI=1S/C18H17ClN2OS/c1-11-4-6-16-14(8-11)15(9-12(2)20-16)18(22)21(3)10-13-5-7-17(19)23-13/h4-9H,10H2,1-3H3. The van der Waals surface area contributed by atoms with Crippen molar-refractivity contribution in [3.8, 4) is 0 Å². The van der Waals surface area contributed by atoms with E-state index in [9.17, 15) is 4.79 Å². The van der Waals surface area contributed by atoms with Crippen LogP contribution in [-0.2, 0) is 6.54 Å². The molecule has 0 aliphatic rings. The Hall–Kier alpha value is -1.91. The van der Waals surface area contributed by atoms with Crippen molar-refractivity contribution in [1.82, 2.24) is 9.88 Å². The fourth-order valence-electron chi connectivity index (χ4n) is 2.60. The summed E-state index contributed by atoms with van der Waals surface area (Å²) in [5, 5.41) is 0.900. The molecule has 118 valence electrons. The Morgan fingerprint density at radius 1 is 1.22 bits per heavy atom. The maximum absolute atomic E-state index is 12.9. The number of hydrogen-bond donors (Lipinski definition) is 0. The molecule has 0 atom stereocenters. The van der Waals surface area contributed by atoms with Gasteiger partial charge in [0, 0.05) is 23.0 Å². The van der Waals surface area contributed by atoms with Gasteiger partial charge < -0.3 is 4.90 Å². The summed E-state index contributed by atoms with van der Waals surface area (Å²) in [6.07, 6.45) is 0. The Labute approximate surface area is 144 Å². The van der Waals surface area contributed by atoms with E-state index in [-0.39, 0.29) is 5.91 Å². The predicted octanol–water partition coefficient (Wildman–Crippen LogP) is 4.84. The number of carbonyl (C=O) groups excluding carboxylic acids is 1. The molecule has 0 aliphatic carbocycles. The normalized spacial score (nSPS) is 11.0. The Morgan fingerprint density at radius 2 is 2.00 bits per heavy atom. The highest BCUT2D eigenvalue weighted by molar-refractivity contribution is 7.16. The highest BCUT2D eigenvalue weighted by atomic mass is 35.5. The van der Waals surface area contributed by atoms with Crippen LogP contribution in [-0.4, -0.2) is 22.8 Å². The van der Waals surface area contributed by atoms with Gasteiger partial charge in [-0.05, 0) is 44.2 Å². The van der Waals surface area contributed by atoms with Gasteiger partial charge in [0.05, 0.1) is 22.0 Å². The van der Waals surface area contributed by atoms with Crippen LogP contribution in [0.2, 0.25) is 4.34 Å². The van der Waals surface area contributed by atoms with Crippen molar-refractivity contribution in [3.63, 3.8) is 0 Å². The molecule has 0 saturated carbocycles. The van der Waals surface area contributed by atoms with Gasteiger partial charge in [0.25, 0.3) is 5.91 Å². The molecule has 2 heterocycles.